The Hall–Kier alpha value is -2.48. The van der Waals surface area contributed by atoms with Crippen LogP contribution in [0.1, 0.15) is 30.4 Å². The number of anilines is 1. The molecule has 1 aromatic carbocycles. The van der Waals surface area contributed by atoms with E-state index in [1.807, 2.05) is 18.7 Å². The molecule has 1 aliphatic rings. The normalized spacial score (nSPS) is 15.2. The van der Waals surface area contributed by atoms with Crippen molar-refractivity contribution in [2.24, 2.45) is 0 Å². The maximum atomic E-state index is 13.4. The van der Waals surface area contributed by atoms with Gasteiger partial charge in [0.15, 0.2) is 5.13 Å². The number of rotatable bonds is 3. The number of amides is 1. The van der Waals surface area contributed by atoms with Crippen LogP contribution in [-0.4, -0.2) is 51.8 Å². The molecule has 3 heterocycles. The van der Waals surface area contributed by atoms with Gasteiger partial charge in [-0.25, -0.2) is 9.37 Å². The third-order valence-corrected chi connectivity index (χ3v) is 5.63. The molecule has 0 N–H and O–H groups in total. The molecule has 0 spiro atoms. The third kappa shape index (κ3) is 3.05. The summed E-state index contributed by atoms with van der Waals surface area (Å²) in [5.41, 5.74) is 1.44. The third-order valence-electron chi connectivity index (χ3n) is 4.56. The number of hydrogen-bond acceptors (Lipinski definition) is 5. The van der Waals surface area contributed by atoms with Crippen LogP contribution in [0.15, 0.2) is 30.5 Å². The fraction of sp³-hybridized carbons (Fsp3) is 0.389. The van der Waals surface area contributed by atoms with Gasteiger partial charge in [-0.15, -0.1) is 0 Å². The standard InChI is InChI=1S/C18H20FN5OS/c1-12(2)24-15(5-6-20-24)17(25)22-7-9-23(10-8-22)18-21-14-4-3-13(19)11-16(14)26-18/h3-6,11-12H,7-10H2,1-2H3. The summed E-state index contributed by atoms with van der Waals surface area (Å²) in [6.07, 6.45) is 1.67. The van der Waals surface area contributed by atoms with Crippen molar-refractivity contribution in [2.45, 2.75) is 19.9 Å². The van der Waals surface area contributed by atoms with E-state index in [1.54, 1.807) is 23.0 Å². The van der Waals surface area contributed by atoms with Gasteiger partial charge < -0.3 is 9.80 Å². The summed E-state index contributed by atoms with van der Waals surface area (Å²) in [7, 11) is 0. The molecule has 0 atom stereocenters. The predicted octanol–water partition coefficient (Wildman–Crippen LogP) is 3.18. The number of hydrogen-bond donors (Lipinski definition) is 0. The van der Waals surface area contributed by atoms with Crippen molar-refractivity contribution < 1.29 is 9.18 Å². The molecule has 1 aliphatic heterocycles. The molecular weight excluding hydrogens is 353 g/mol. The molecule has 8 heteroatoms. The lowest BCUT2D eigenvalue weighted by Gasteiger charge is -2.34. The van der Waals surface area contributed by atoms with E-state index in [4.69, 9.17) is 0 Å². The number of nitrogens with zero attached hydrogens (tertiary/aromatic N) is 5. The lowest BCUT2D eigenvalue weighted by atomic mass is 10.2. The van der Waals surface area contributed by atoms with Crippen molar-refractivity contribution in [2.75, 3.05) is 31.1 Å². The van der Waals surface area contributed by atoms with Gasteiger partial charge in [0, 0.05) is 38.4 Å². The summed E-state index contributed by atoms with van der Waals surface area (Å²) in [4.78, 5) is 21.4. The van der Waals surface area contributed by atoms with Gasteiger partial charge in [-0.05, 0) is 38.1 Å². The molecule has 1 amide bonds. The van der Waals surface area contributed by atoms with Crippen LogP contribution in [0.2, 0.25) is 0 Å². The molecule has 3 aromatic rings. The number of benzene rings is 1. The van der Waals surface area contributed by atoms with Crippen LogP contribution in [-0.2, 0) is 0 Å². The molecule has 0 unspecified atom stereocenters. The van der Waals surface area contributed by atoms with Gasteiger partial charge in [0.05, 0.1) is 10.2 Å². The van der Waals surface area contributed by atoms with Crippen LogP contribution in [0.25, 0.3) is 10.2 Å². The Balaban J connectivity index is 1.46. The van der Waals surface area contributed by atoms with Gasteiger partial charge in [-0.1, -0.05) is 11.3 Å². The van der Waals surface area contributed by atoms with Crippen molar-refractivity contribution in [1.82, 2.24) is 19.7 Å². The molecule has 1 saturated heterocycles. The first-order chi connectivity index (χ1) is 12.5. The van der Waals surface area contributed by atoms with E-state index in [0.717, 1.165) is 15.3 Å². The Bertz CT molecular complexity index is 942. The molecule has 1 fully saturated rings. The number of halogens is 1. The summed E-state index contributed by atoms with van der Waals surface area (Å²) in [5.74, 6) is -0.230. The van der Waals surface area contributed by atoms with Gasteiger partial charge >= 0.3 is 0 Å². The van der Waals surface area contributed by atoms with E-state index < -0.39 is 0 Å². The SMILES string of the molecule is CC(C)n1nccc1C(=O)N1CCN(c2nc3ccc(F)cc3s2)CC1. The Morgan fingerprint density at radius 3 is 2.69 bits per heavy atom. The summed E-state index contributed by atoms with van der Waals surface area (Å²) in [6, 6.07) is 6.58. The zero-order valence-corrected chi connectivity index (χ0v) is 15.5. The van der Waals surface area contributed by atoms with Gasteiger partial charge in [0.1, 0.15) is 11.5 Å². The van der Waals surface area contributed by atoms with Crippen molar-refractivity contribution in [3.8, 4) is 0 Å². The molecule has 0 saturated carbocycles. The smallest absolute Gasteiger partial charge is 0.272 e. The zero-order chi connectivity index (χ0) is 18.3. The van der Waals surface area contributed by atoms with E-state index in [0.29, 0.717) is 31.9 Å². The Labute approximate surface area is 154 Å². The van der Waals surface area contributed by atoms with Crippen molar-refractivity contribution >= 4 is 32.6 Å². The van der Waals surface area contributed by atoms with Crippen molar-refractivity contribution in [3.63, 3.8) is 0 Å². The van der Waals surface area contributed by atoms with Gasteiger partial charge in [-0.3, -0.25) is 9.48 Å². The quantitative estimate of drug-likeness (QED) is 0.708. The van der Waals surface area contributed by atoms with Crippen LogP contribution in [0.4, 0.5) is 9.52 Å². The van der Waals surface area contributed by atoms with Crippen LogP contribution >= 0.6 is 11.3 Å². The average Bonchev–Trinajstić information content (AvgIpc) is 3.28. The molecule has 4 rings (SSSR count). The minimum absolute atomic E-state index is 0.0159. The topological polar surface area (TPSA) is 54.3 Å². The minimum Gasteiger partial charge on any atom is -0.345 e. The summed E-state index contributed by atoms with van der Waals surface area (Å²) in [6.45, 7) is 6.71. The summed E-state index contributed by atoms with van der Waals surface area (Å²) >= 11 is 1.49. The van der Waals surface area contributed by atoms with Crippen molar-refractivity contribution in [1.29, 1.82) is 0 Å². The molecule has 26 heavy (non-hydrogen) atoms. The average molecular weight is 373 g/mol. The highest BCUT2D eigenvalue weighted by atomic mass is 32.1. The molecule has 6 nitrogen and oxygen atoms in total. The highest BCUT2D eigenvalue weighted by Crippen LogP contribution is 2.30. The first-order valence-corrected chi connectivity index (χ1v) is 9.48. The number of carbonyl (C=O) groups excluding carboxylic acids is 1. The first kappa shape index (κ1) is 17.0. The molecule has 136 valence electrons. The van der Waals surface area contributed by atoms with E-state index in [-0.39, 0.29) is 17.8 Å². The van der Waals surface area contributed by atoms with Crippen LogP contribution in [0.5, 0.6) is 0 Å². The van der Waals surface area contributed by atoms with Crippen LogP contribution in [0, 0.1) is 5.82 Å². The van der Waals surface area contributed by atoms with Crippen LogP contribution in [0.3, 0.4) is 0 Å². The van der Waals surface area contributed by atoms with E-state index in [2.05, 4.69) is 15.0 Å². The lowest BCUT2D eigenvalue weighted by Crippen LogP contribution is -2.49. The maximum Gasteiger partial charge on any atom is 0.272 e. The Kier molecular flexibility index (Phi) is 4.36. The van der Waals surface area contributed by atoms with E-state index in [9.17, 15) is 9.18 Å². The fourth-order valence-electron chi connectivity index (χ4n) is 3.18. The maximum absolute atomic E-state index is 13.4. The first-order valence-electron chi connectivity index (χ1n) is 8.67. The monoisotopic (exact) mass is 373 g/mol. The summed E-state index contributed by atoms with van der Waals surface area (Å²) < 4.78 is 16.0. The van der Waals surface area contributed by atoms with Gasteiger partial charge in [0.25, 0.3) is 5.91 Å². The van der Waals surface area contributed by atoms with Crippen LogP contribution < -0.4 is 4.90 Å². The highest BCUT2D eigenvalue weighted by molar-refractivity contribution is 7.22. The van der Waals surface area contributed by atoms with Gasteiger partial charge in [-0.2, -0.15) is 5.10 Å². The highest BCUT2D eigenvalue weighted by Gasteiger charge is 2.26. The lowest BCUT2D eigenvalue weighted by molar-refractivity contribution is 0.0732. The second-order valence-electron chi connectivity index (χ2n) is 6.64. The van der Waals surface area contributed by atoms with E-state index >= 15 is 0 Å². The molecule has 0 aliphatic carbocycles. The zero-order valence-electron chi connectivity index (χ0n) is 14.7. The minimum atomic E-state index is -0.245. The fourth-order valence-corrected chi connectivity index (χ4v) is 4.22. The molecule has 0 radical (unpaired) electrons. The number of thiazole rings is 1. The van der Waals surface area contributed by atoms with E-state index in [1.165, 1.54) is 23.5 Å². The number of piperazine rings is 1. The predicted molar refractivity (Wildman–Crippen MR) is 100 cm³/mol. The second kappa shape index (κ2) is 6.68. The Morgan fingerprint density at radius 2 is 1.96 bits per heavy atom. The number of carbonyl (C=O) groups is 1. The van der Waals surface area contributed by atoms with Crippen molar-refractivity contribution in [3.05, 3.63) is 42.0 Å². The number of aromatic nitrogens is 3. The van der Waals surface area contributed by atoms with Gasteiger partial charge in [0.2, 0.25) is 0 Å². The second-order valence-corrected chi connectivity index (χ2v) is 7.65. The molecular formula is C18H20FN5OS. The molecule has 2 aromatic heterocycles. The largest absolute Gasteiger partial charge is 0.345 e. The summed E-state index contributed by atoms with van der Waals surface area (Å²) in [5, 5.41) is 5.12. The Morgan fingerprint density at radius 1 is 1.19 bits per heavy atom. The molecule has 0 bridgehead atoms. The number of fused-ring (bicyclic) bond motifs is 1.